The van der Waals surface area contributed by atoms with Gasteiger partial charge in [0.05, 0.1) is 18.9 Å². The summed E-state index contributed by atoms with van der Waals surface area (Å²) < 4.78 is 5.96. The third kappa shape index (κ3) is 2.83. The minimum Gasteiger partial charge on any atom is -0.381 e. The molecule has 0 aromatic heterocycles. The van der Waals surface area contributed by atoms with Gasteiger partial charge in [0.1, 0.15) is 0 Å². The lowest BCUT2D eigenvalue weighted by Gasteiger charge is -2.25. The number of ether oxygens (including phenoxy) is 1. The van der Waals surface area contributed by atoms with Crippen LogP contribution in [0.2, 0.25) is 0 Å². The molecule has 4 heteroatoms. The Morgan fingerprint density at radius 2 is 2.31 bits per heavy atom. The molecular formula is C12H14BrNO2. The number of benzene rings is 1. The van der Waals surface area contributed by atoms with Gasteiger partial charge in [0.15, 0.2) is 0 Å². The standard InChI is InChI=1S/C12H14BrNO2/c1-8-2-3-11(10(13)4-8)14-12(15)5-9-6-16-7-9/h2-4,9H,5-7H2,1H3,(H,14,15). The van der Waals surface area contributed by atoms with Gasteiger partial charge in [-0.15, -0.1) is 0 Å². The highest BCUT2D eigenvalue weighted by Crippen LogP contribution is 2.24. The summed E-state index contributed by atoms with van der Waals surface area (Å²) in [5.74, 6) is 0.446. The number of anilines is 1. The zero-order valence-corrected chi connectivity index (χ0v) is 10.7. The largest absolute Gasteiger partial charge is 0.381 e. The van der Waals surface area contributed by atoms with Crippen LogP contribution in [0.4, 0.5) is 5.69 Å². The zero-order valence-electron chi connectivity index (χ0n) is 9.13. The highest BCUT2D eigenvalue weighted by atomic mass is 79.9. The molecule has 0 spiro atoms. The van der Waals surface area contributed by atoms with Crippen LogP contribution in [0.15, 0.2) is 22.7 Å². The molecule has 0 bridgehead atoms. The number of carbonyl (C=O) groups excluding carboxylic acids is 1. The Balaban J connectivity index is 1.94. The van der Waals surface area contributed by atoms with Crippen molar-refractivity contribution in [3.63, 3.8) is 0 Å². The Morgan fingerprint density at radius 1 is 1.56 bits per heavy atom. The summed E-state index contributed by atoms with van der Waals surface area (Å²) in [7, 11) is 0. The summed E-state index contributed by atoms with van der Waals surface area (Å²) in [6.07, 6.45) is 0.542. The summed E-state index contributed by atoms with van der Waals surface area (Å²) in [4.78, 5) is 11.7. The second kappa shape index (κ2) is 4.97. The van der Waals surface area contributed by atoms with Crippen LogP contribution in [0.3, 0.4) is 0 Å². The molecule has 1 aromatic rings. The lowest BCUT2D eigenvalue weighted by Crippen LogP contribution is -2.31. The SMILES string of the molecule is Cc1ccc(NC(=O)CC2COC2)c(Br)c1. The van der Waals surface area contributed by atoms with Crippen LogP contribution < -0.4 is 5.32 Å². The molecule has 1 amide bonds. The Labute approximate surface area is 103 Å². The van der Waals surface area contributed by atoms with Crippen LogP contribution in [0.1, 0.15) is 12.0 Å². The first-order chi connectivity index (χ1) is 7.65. The van der Waals surface area contributed by atoms with Gasteiger partial charge < -0.3 is 10.1 Å². The van der Waals surface area contributed by atoms with Crippen LogP contribution in [-0.4, -0.2) is 19.1 Å². The number of amides is 1. The molecule has 0 atom stereocenters. The highest BCUT2D eigenvalue weighted by molar-refractivity contribution is 9.10. The van der Waals surface area contributed by atoms with Crippen molar-refractivity contribution in [1.29, 1.82) is 0 Å². The van der Waals surface area contributed by atoms with E-state index in [0.717, 1.165) is 15.7 Å². The smallest absolute Gasteiger partial charge is 0.224 e. The van der Waals surface area contributed by atoms with Crippen molar-refractivity contribution in [3.05, 3.63) is 28.2 Å². The lowest BCUT2D eigenvalue weighted by molar-refractivity contribution is -0.121. The predicted octanol–water partition coefficient (Wildman–Crippen LogP) is 2.73. The maximum atomic E-state index is 11.7. The topological polar surface area (TPSA) is 38.3 Å². The Morgan fingerprint density at radius 3 is 2.88 bits per heavy atom. The summed E-state index contributed by atoms with van der Waals surface area (Å²) in [5.41, 5.74) is 1.99. The molecule has 1 aliphatic rings. The van der Waals surface area contributed by atoms with Crippen LogP contribution in [0.25, 0.3) is 0 Å². The molecule has 1 saturated heterocycles. The first kappa shape index (κ1) is 11.6. The summed E-state index contributed by atoms with van der Waals surface area (Å²) >= 11 is 3.43. The van der Waals surface area contributed by atoms with Crippen molar-refractivity contribution in [1.82, 2.24) is 0 Å². The number of halogens is 1. The molecule has 86 valence electrons. The first-order valence-corrected chi connectivity index (χ1v) is 6.08. The van der Waals surface area contributed by atoms with Gasteiger partial charge in [0, 0.05) is 16.8 Å². The van der Waals surface area contributed by atoms with E-state index >= 15 is 0 Å². The third-order valence-electron chi connectivity index (χ3n) is 2.58. The molecule has 0 aliphatic carbocycles. The van der Waals surface area contributed by atoms with Crippen molar-refractivity contribution >= 4 is 27.5 Å². The third-order valence-corrected chi connectivity index (χ3v) is 3.24. The van der Waals surface area contributed by atoms with Gasteiger partial charge >= 0.3 is 0 Å². The van der Waals surface area contributed by atoms with Gasteiger partial charge in [-0.05, 0) is 40.5 Å². The molecule has 0 unspecified atom stereocenters. The van der Waals surface area contributed by atoms with Crippen molar-refractivity contribution in [3.8, 4) is 0 Å². The lowest BCUT2D eigenvalue weighted by atomic mass is 10.0. The van der Waals surface area contributed by atoms with E-state index in [4.69, 9.17) is 4.74 Å². The number of nitrogens with one attached hydrogen (secondary N) is 1. The van der Waals surface area contributed by atoms with E-state index in [9.17, 15) is 4.79 Å². The quantitative estimate of drug-likeness (QED) is 0.926. The van der Waals surface area contributed by atoms with Crippen molar-refractivity contribution in [2.24, 2.45) is 5.92 Å². The molecule has 1 aromatic carbocycles. The zero-order chi connectivity index (χ0) is 11.5. The summed E-state index contributed by atoms with van der Waals surface area (Å²) in [5, 5.41) is 2.90. The maximum absolute atomic E-state index is 11.7. The number of rotatable bonds is 3. The van der Waals surface area contributed by atoms with Crippen molar-refractivity contribution in [2.45, 2.75) is 13.3 Å². The second-order valence-corrected chi connectivity index (χ2v) is 4.99. The molecule has 3 nitrogen and oxygen atoms in total. The average Bonchev–Trinajstić information content (AvgIpc) is 2.16. The predicted molar refractivity (Wildman–Crippen MR) is 66.4 cm³/mol. The number of hydrogen-bond acceptors (Lipinski definition) is 2. The minimum atomic E-state index is 0.0536. The molecule has 1 heterocycles. The number of carbonyl (C=O) groups is 1. The monoisotopic (exact) mass is 283 g/mol. The van der Waals surface area contributed by atoms with Gasteiger partial charge in [-0.1, -0.05) is 6.07 Å². The van der Waals surface area contributed by atoms with E-state index in [-0.39, 0.29) is 5.91 Å². The number of hydrogen-bond donors (Lipinski definition) is 1. The highest BCUT2D eigenvalue weighted by Gasteiger charge is 2.21. The molecule has 1 N–H and O–H groups in total. The normalized spacial score (nSPS) is 15.6. The van der Waals surface area contributed by atoms with Crippen LogP contribution >= 0.6 is 15.9 Å². The maximum Gasteiger partial charge on any atom is 0.224 e. The average molecular weight is 284 g/mol. The van der Waals surface area contributed by atoms with Crippen LogP contribution in [-0.2, 0) is 9.53 Å². The molecule has 1 fully saturated rings. The fraction of sp³-hybridized carbons (Fsp3) is 0.417. The Hall–Kier alpha value is -0.870. The van der Waals surface area contributed by atoms with Gasteiger partial charge in [0.25, 0.3) is 0 Å². The van der Waals surface area contributed by atoms with E-state index in [1.807, 2.05) is 25.1 Å². The summed E-state index contributed by atoms with van der Waals surface area (Å²) in [6.45, 7) is 3.44. The fourth-order valence-electron chi connectivity index (χ4n) is 1.59. The molecule has 16 heavy (non-hydrogen) atoms. The molecule has 0 saturated carbocycles. The molecule has 0 radical (unpaired) electrons. The Bertz CT molecular complexity index is 402. The van der Waals surface area contributed by atoms with Gasteiger partial charge in [-0.2, -0.15) is 0 Å². The summed E-state index contributed by atoms with van der Waals surface area (Å²) in [6, 6.07) is 5.88. The minimum absolute atomic E-state index is 0.0536. The van der Waals surface area contributed by atoms with Crippen LogP contribution in [0, 0.1) is 12.8 Å². The number of aryl methyl sites for hydroxylation is 1. The molecule has 2 rings (SSSR count). The molecular weight excluding hydrogens is 270 g/mol. The van der Waals surface area contributed by atoms with Crippen LogP contribution in [0.5, 0.6) is 0 Å². The van der Waals surface area contributed by atoms with E-state index in [1.54, 1.807) is 0 Å². The van der Waals surface area contributed by atoms with Gasteiger partial charge in [-0.25, -0.2) is 0 Å². The Kier molecular flexibility index (Phi) is 3.61. The first-order valence-electron chi connectivity index (χ1n) is 5.29. The van der Waals surface area contributed by atoms with E-state index in [1.165, 1.54) is 0 Å². The van der Waals surface area contributed by atoms with Crippen molar-refractivity contribution in [2.75, 3.05) is 18.5 Å². The molecule has 1 aliphatic heterocycles. The van der Waals surface area contributed by atoms with Gasteiger partial charge in [-0.3, -0.25) is 4.79 Å². The second-order valence-electron chi connectivity index (χ2n) is 4.14. The fourth-order valence-corrected chi connectivity index (χ4v) is 2.18. The van der Waals surface area contributed by atoms with Gasteiger partial charge in [0.2, 0.25) is 5.91 Å². The van der Waals surface area contributed by atoms with E-state index in [0.29, 0.717) is 25.6 Å². The van der Waals surface area contributed by atoms with E-state index in [2.05, 4.69) is 21.2 Å². The van der Waals surface area contributed by atoms with E-state index < -0.39 is 0 Å². The van der Waals surface area contributed by atoms with Crippen molar-refractivity contribution < 1.29 is 9.53 Å².